The maximum atomic E-state index is 5.79. The Morgan fingerprint density at radius 3 is 2.62 bits per heavy atom. The van der Waals surface area contributed by atoms with Gasteiger partial charge in [-0.15, -0.1) is 24.0 Å². The van der Waals surface area contributed by atoms with Crippen LogP contribution >= 0.6 is 24.0 Å². The van der Waals surface area contributed by atoms with Gasteiger partial charge in [-0.05, 0) is 44.3 Å². The maximum absolute atomic E-state index is 5.79. The van der Waals surface area contributed by atoms with Gasteiger partial charge in [-0.2, -0.15) is 0 Å². The van der Waals surface area contributed by atoms with Gasteiger partial charge in [0.15, 0.2) is 0 Å². The molecule has 0 bridgehead atoms. The van der Waals surface area contributed by atoms with Crippen LogP contribution < -0.4 is 10.1 Å². The second-order valence-corrected chi connectivity index (χ2v) is 6.54. The van der Waals surface area contributed by atoms with Crippen LogP contribution in [0.2, 0.25) is 0 Å². The first-order valence-electron chi connectivity index (χ1n) is 8.58. The van der Waals surface area contributed by atoms with E-state index < -0.39 is 0 Å². The molecule has 0 spiro atoms. The van der Waals surface area contributed by atoms with Crippen molar-refractivity contribution < 1.29 is 4.74 Å². The average molecular weight is 394 g/mol. The fraction of sp³-hybridized carbons (Fsp3) is 0.350. The molecule has 1 N–H and O–H groups in total. The lowest BCUT2D eigenvalue weighted by atomic mass is 10.1. The molecule has 26 heavy (non-hydrogen) atoms. The highest BCUT2D eigenvalue weighted by molar-refractivity contribution is 6.18. The summed E-state index contributed by atoms with van der Waals surface area (Å²) >= 11 is 5.79. The van der Waals surface area contributed by atoms with Gasteiger partial charge in [0.1, 0.15) is 5.75 Å². The third kappa shape index (κ3) is 4.70. The summed E-state index contributed by atoms with van der Waals surface area (Å²) < 4.78 is 5.40. The molecule has 4 nitrogen and oxygen atoms in total. The number of methoxy groups -OCH3 is 1. The Kier molecular flexibility index (Phi) is 7.76. The summed E-state index contributed by atoms with van der Waals surface area (Å²) in [5, 5.41) is 5.85. The molecule has 0 aliphatic heterocycles. The number of halogens is 2. The summed E-state index contributed by atoms with van der Waals surface area (Å²) in [5.74, 6) is 1.51. The van der Waals surface area contributed by atoms with Crippen molar-refractivity contribution in [3.63, 3.8) is 0 Å². The molecular formula is C20H25Cl2N3O. The predicted molar refractivity (Wildman–Crippen MR) is 114 cm³/mol. The van der Waals surface area contributed by atoms with Crippen molar-refractivity contribution in [3.8, 4) is 5.75 Å². The molecule has 6 heteroatoms. The molecule has 3 aromatic rings. The van der Waals surface area contributed by atoms with Crippen molar-refractivity contribution in [2.75, 3.05) is 45.0 Å². The molecule has 140 valence electrons. The van der Waals surface area contributed by atoms with Crippen molar-refractivity contribution in [3.05, 3.63) is 42.5 Å². The van der Waals surface area contributed by atoms with E-state index in [2.05, 4.69) is 41.5 Å². The smallest absolute Gasteiger partial charge is 0.119 e. The van der Waals surface area contributed by atoms with E-state index in [0.29, 0.717) is 5.88 Å². The average Bonchev–Trinajstić information content (AvgIpc) is 2.64. The van der Waals surface area contributed by atoms with Crippen LogP contribution in [0.3, 0.4) is 0 Å². The van der Waals surface area contributed by atoms with Crippen LogP contribution in [0.15, 0.2) is 42.5 Å². The number of para-hydroxylation sites is 1. The van der Waals surface area contributed by atoms with E-state index in [1.165, 1.54) is 0 Å². The molecule has 0 fully saturated rings. The van der Waals surface area contributed by atoms with Gasteiger partial charge in [-0.3, -0.25) is 0 Å². The Morgan fingerprint density at radius 1 is 1.08 bits per heavy atom. The minimum Gasteiger partial charge on any atom is -0.497 e. The second-order valence-electron chi connectivity index (χ2n) is 6.16. The summed E-state index contributed by atoms with van der Waals surface area (Å²) in [6.45, 7) is 2.83. The number of alkyl halides is 1. The van der Waals surface area contributed by atoms with E-state index in [1.807, 2.05) is 18.2 Å². The monoisotopic (exact) mass is 393 g/mol. The van der Waals surface area contributed by atoms with E-state index in [1.54, 1.807) is 7.11 Å². The Morgan fingerprint density at radius 2 is 1.85 bits per heavy atom. The quantitative estimate of drug-likeness (QED) is 0.339. The number of pyridine rings is 1. The molecule has 1 aromatic heterocycles. The molecule has 0 aliphatic rings. The standard InChI is InChI=1S/C20H24ClN3O.ClH/c1-24(13-10-21)12-5-11-22-20-16-6-3-4-7-18(16)23-19-9-8-15(25-2)14-17(19)20;/h3-4,6-9,14H,5,10-13H2,1-2H3,(H,22,23);1H. The van der Waals surface area contributed by atoms with Crippen molar-refractivity contribution in [1.29, 1.82) is 0 Å². The zero-order valence-corrected chi connectivity index (χ0v) is 16.7. The van der Waals surface area contributed by atoms with Crippen LogP contribution in [0.1, 0.15) is 6.42 Å². The number of hydrogen-bond acceptors (Lipinski definition) is 4. The van der Waals surface area contributed by atoms with E-state index >= 15 is 0 Å². The van der Waals surface area contributed by atoms with E-state index in [-0.39, 0.29) is 12.4 Å². The molecule has 0 aliphatic carbocycles. The number of benzene rings is 2. The minimum absolute atomic E-state index is 0. The van der Waals surface area contributed by atoms with Crippen molar-refractivity contribution in [1.82, 2.24) is 9.88 Å². The Bertz CT molecular complexity index is 857. The molecule has 0 atom stereocenters. The first-order chi connectivity index (χ1) is 12.2. The summed E-state index contributed by atoms with van der Waals surface area (Å²) in [5.41, 5.74) is 3.10. The zero-order valence-electron chi connectivity index (χ0n) is 15.2. The van der Waals surface area contributed by atoms with Crippen molar-refractivity contribution in [2.24, 2.45) is 0 Å². The summed E-state index contributed by atoms with van der Waals surface area (Å²) in [4.78, 5) is 7.03. The Labute approximate surface area is 165 Å². The lowest BCUT2D eigenvalue weighted by Crippen LogP contribution is -2.23. The van der Waals surface area contributed by atoms with E-state index in [4.69, 9.17) is 21.3 Å². The Hall–Kier alpha value is -1.75. The van der Waals surface area contributed by atoms with Crippen LogP contribution in [-0.2, 0) is 0 Å². The lowest BCUT2D eigenvalue weighted by molar-refractivity contribution is 0.353. The number of fused-ring (bicyclic) bond motifs is 2. The summed E-state index contributed by atoms with van der Waals surface area (Å²) in [7, 11) is 3.79. The van der Waals surface area contributed by atoms with Gasteiger partial charge in [0.25, 0.3) is 0 Å². The molecule has 0 radical (unpaired) electrons. The van der Waals surface area contributed by atoms with Gasteiger partial charge >= 0.3 is 0 Å². The lowest BCUT2D eigenvalue weighted by Gasteiger charge is -2.17. The van der Waals surface area contributed by atoms with Crippen molar-refractivity contribution >= 4 is 51.5 Å². The number of ether oxygens (including phenoxy) is 1. The maximum Gasteiger partial charge on any atom is 0.119 e. The van der Waals surface area contributed by atoms with Gasteiger partial charge in [0, 0.05) is 29.7 Å². The third-order valence-electron chi connectivity index (χ3n) is 4.37. The Balaban J connectivity index is 0.00000243. The molecule has 3 rings (SSSR count). The van der Waals surface area contributed by atoms with Crippen LogP contribution in [0, 0.1) is 0 Å². The minimum atomic E-state index is 0. The van der Waals surface area contributed by atoms with Crippen LogP contribution in [0.5, 0.6) is 5.75 Å². The number of anilines is 1. The fourth-order valence-electron chi connectivity index (χ4n) is 3.01. The molecule has 1 heterocycles. The van der Waals surface area contributed by atoms with Gasteiger partial charge in [-0.1, -0.05) is 18.2 Å². The van der Waals surface area contributed by atoms with Gasteiger partial charge in [-0.25, -0.2) is 4.98 Å². The van der Waals surface area contributed by atoms with Gasteiger partial charge < -0.3 is 15.0 Å². The largest absolute Gasteiger partial charge is 0.497 e. The van der Waals surface area contributed by atoms with Crippen molar-refractivity contribution in [2.45, 2.75) is 6.42 Å². The van der Waals surface area contributed by atoms with Crippen LogP contribution in [0.4, 0.5) is 5.69 Å². The predicted octanol–water partition coefficient (Wildman–Crippen LogP) is 4.79. The molecule has 0 saturated heterocycles. The van der Waals surface area contributed by atoms with Crippen LogP contribution in [0.25, 0.3) is 21.8 Å². The summed E-state index contributed by atoms with van der Waals surface area (Å²) in [6, 6.07) is 14.3. The second kappa shape index (κ2) is 9.81. The molecule has 0 unspecified atom stereocenters. The SMILES string of the molecule is COc1ccc2nc3ccccc3c(NCCCN(C)CCCl)c2c1.Cl. The number of nitrogens with zero attached hydrogens (tertiary/aromatic N) is 2. The van der Waals surface area contributed by atoms with Gasteiger partial charge in [0.05, 0.1) is 23.8 Å². The van der Waals surface area contributed by atoms with E-state index in [9.17, 15) is 0 Å². The normalized spacial score (nSPS) is 10.9. The van der Waals surface area contributed by atoms with Crippen LogP contribution in [-0.4, -0.2) is 49.6 Å². The fourth-order valence-corrected chi connectivity index (χ4v) is 3.29. The highest BCUT2D eigenvalue weighted by Crippen LogP contribution is 2.32. The number of nitrogens with one attached hydrogen (secondary N) is 1. The summed E-state index contributed by atoms with van der Waals surface area (Å²) in [6.07, 6.45) is 1.05. The first-order valence-corrected chi connectivity index (χ1v) is 9.11. The number of hydrogen-bond donors (Lipinski definition) is 1. The molecule has 0 saturated carbocycles. The number of rotatable bonds is 8. The van der Waals surface area contributed by atoms with E-state index in [0.717, 1.165) is 59.3 Å². The third-order valence-corrected chi connectivity index (χ3v) is 4.54. The highest BCUT2D eigenvalue weighted by atomic mass is 35.5. The van der Waals surface area contributed by atoms with Gasteiger partial charge in [0.2, 0.25) is 0 Å². The number of aromatic nitrogens is 1. The zero-order chi connectivity index (χ0) is 17.6. The first kappa shape index (κ1) is 20.6. The highest BCUT2D eigenvalue weighted by Gasteiger charge is 2.10. The molecule has 2 aromatic carbocycles. The molecular weight excluding hydrogens is 369 g/mol. The molecule has 0 amide bonds. The topological polar surface area (TPSA) is 37.4 Å².